The minimum atomic E-state index is 0.419. The predicted octanol–water partition coefficient (Wildman–Crippen LogP) is 2.42. The van der Waals surface area contributed by atoms with Gasteiger partial charge in [-0.1, -0.05) is 25.6 Å². The molecule has 0 radical (unpaired) electrons. The van der Waals surface area contributed by atoms with Gasteiger partial charge in [-0.2, -0.15) is 5.10 Å². The van der Waals surface area contributed by atoms with Crippen LogP contribution in [0.15, 0.2) is 17.3 Å². The fraction of sp³-hybridized carbons (Fsp3) is 0.692. The number of nitrogens with zero attached hydrogens (tertiary/aromatic N) is 3. The third-order valence-corrected chi connectivity index (χ3v) is 5.22. The smallest absolute Gasteiger partial charge is 0.156 e. The molecule has 0 saturated heterocycles. The zero-order valence-corrected chi connectivity index (χ0v) is 12.3. The van der Waals surface area contributed by atoms with E-state index >= 15 is 0 Å². The van der Waals surface area contributed by atoms with Crippen LogP contribution in [0, 0.1) is 5.41 Å². The first-order chi connectivity index (χ1) is 8.69. The molecular weight excluding hydrogens is 244 g/mol. The van der Waals surface area contributed by atoms with Gasteiger partial charge in [-0.3, -0.25) is 9.67 Å². The zero-order valence-electron chi connectivity index (χ0n) is 11.4. The standard InChI is InChI=1S/C13H22N4S/c1-4-13(5-2)9-15-12(18-10-13)14-8-11-6-7-16-17(11)3/h6-7H,4-5,8-10H2,1-3H3,(H,14,15). The van der Waals surface area contributed by atoms with Crippen molar-refractivity contribution in [1.82, 2.24) is 15.1 Å². The van der Waals surface area contributed by atoms with E-state index in [1.54, 1.807) is 0 Å². The van der Waals surface area contributed by atoms with Crippen molar-refractivity contribution < 1.29 is 0 Å². The predicted molar refractivity (Wildman–Crippen MR) is 77.8 cm³/mol. The van der Waals surface area contributed by atoms with Gasteiger partial charge in [-0.15, -0.1) is 0 Å². The van der Waals surface area contributed by atoms with Crippen LogP contribution in [0.3, 0.4) is 0 Å². The van der Waals surface area contributed by atoms with Crippen molar-refractivity contribution in [3.8, 4) is 0 Å². The van der Waals surface area contributed by atoms with Crippen LogP contribution in [0.4, 0.5) is 0 Å². The third-order valence-electron chi connectivity index (χ3n) is 3.92. The molecule has 0 saturated carbocycles. The number of rotatable bonds is 4. The summed E-state index contributed by atoms with van der Waals surface area (Å²) in [6.07, 6.45) is 4.26. The molecule has 0 unspecified atom stereocenters. The molecule has 2 heterocycles. The van der Waals surface area contributed by atoms with E-state index in [-0.39, 0.29) is 0 Å². The summed E-state index contributed by atoms with van der Waals surface area (Å²) >= 11 is 1.86. The second-order valence-corrected chi connectivity index (χ2v) is 5.88. The highest BCUT2D eigenvalue weighted by molar-refractivity contribution is 8.13. The van der Waals surface area contributed by atoms with E-state index < -0.39 is 0 Å². The number of thioether (sulfide) groups is 1. The number of amidine groups is 1. The average molecular weight is 266 g/mol. The van der Waals surface area contributed by atoms with Crippen molar-refractivity contribution in [3.05, 3.63) is 18.0 Å². The molecule has 1 aromatic rings. The lowest BCUT2D eigenvalue weighted by atomic mass is 9.84. The number of nitrogens with one attached hydrogen (secondary N) is 1. The van der Waals surface area contributed by atoms with Gasteiger partial charge < -0.3 is 5.32 Å². The van der Waals surface area contributed by atoms with Gasteiger partial charge in [-0.25, -0.2) is 0 Å². The Hall–Kier alpha value is -0.970. The van der Waals surface area contributed by atoms with Gasteiger partial charge >= 0.3 is 0 Å². The Kier molecular flexibility index (Phi) is 4.32. The first-order valence-electron chi connectivity index (χ1n) is 6.57. The fourth-order valence-electron chi connectivity index (χ4n) is 2.08. The summed E-state index contributed by atoms with van der Waals surface area (Å²) in [5.74, 6) is 1.18. The maximum atomic E-state index is 4.69. The molecule has 1 aliphatic rings. The topological polar surface area (TPSA) is 42.2 Å². The summed E-state index contributed by atoms with van der Waals surface area (Å²) in [6.45, 7) is 6.30. The molecule has 1 aromatic heterocycles. The minimum absolute atomic E-state index is 0.419. The van der Waals surface area contributed by atoms with Crippen LogP contribution < -0.4 is 5.32 Å². The van der Waals surface area contributed by atoms with Crippen LogP contribution in [0.2, 0.25) is 0 Å². The summed E-state index contributed by atoms with van der Waals surface area (Å²) in [4.78, 5) is 4.69. The molecule has 0 spiro atoms. The van der Waals surface area contributed by atoms with Gasteiger partial charge in [0.1, 0.15) is 0 Å². The quantitative estimate of drug-likeness (QED) is 0.910. The largest absolute Gasteiger partial charge is 0.359 e. The van der Waals surface area contributed by atoms with Crippen LogP contribution in [0.5, 0.6) is 0 Å². The minimum Gasteiger partial charge on any atom is -0.359 e. The Morgan fingerprint density at radius 3 is 2.72 bits per heavy atom. The molecule has 0 bridgehead atoms. The molecule has 18 heavy (non-hydrogen) atoms. The van der Waals surface area contributed by atoms with Gasteiger partial charge in [0.05, 0.1) is 12.2 Å². The molecule has 2 rings (SSSR count). The Bertz CT molecular complexity index is 420. The number of aryl methyl sites for hydroxylation is 1. The number of aromatic nitrogens is 2. The van der Waals surface area contributed by atoms with Crippen LogP contribution >= 0.6 is 11.8 Å². The highest BCUT2D eigenvalue weighted by Gasteiger charge is 2.29. The first-order valence-corrected chi connectivity index (χ1v) is 7.55. The second kappa shape index (κ2) is 5.78. The third kappa shape index (κ3) is 2.88. The number of hydrogen-bond acceptors (Lipinski definition) is 4. The fourth-order valence-corrected chi connectivity index (χ4v) is 3.35. The van der Waals surface area contributed by atoms with Gasteiger partial charge in [0, 0.05) is 25.5 Å². The Balaban J connectivity index is 1.89. The van der Waals surface area contributed by atoms with Crippen LogP contribution in [0.25, 0.3) is 0 Å². The Labute approximate surface area is 113 Å². The van der Waals surface area contributed by atoms with Gasteiger partial charge in [0.2, 0.25) is 0 Å². The normalized spacial score (nSPS) is 18.5. The van der Waals surface area contributed by atoms with E-state index in [0.29, 0.717) is 5.41 Å². The summed E-state index contributed by atoms with van der Waals surface area (Å²) in [5.41, 5.74) is 1.60. The van der Waals surface area contributed by atoms with Gasteiger partial charge in [0.25, 0.3) is 0 Å². The lowest BCUT2D eigenvalue weighted by Crippen LogP contribution is -2.34. The van der Waals surface area contributed by atoms with Gasteiger partial charge in [0.15, 0.2) is 5.17 Å². The van der Waals surface area contributed by atoms with E-state index in [0.717, 1.165) is 18.3 Å². The van der Waals surface area contributed by atoms with Crippen LogP contribution in [-0.4, -0.2) is 27.2 Å². The molecule has 1 N–H and O–H groups in total. The van der Waals surface area contributed by atoms with Crippen molar-refractivity contribution in [2.45, 2.75) is 33.2 Å². The van der Waals surface area contributed by atoms with Crippen molar-refractivity contribution >= 4 is 16.9 Å². The maximum absolute atomic E-state index is 4.69. The van der Waals surface area contributed by atoms with E-state index in [1.807, 2.05) is 35.8 Å². The molecule has 0 atom stereocenters. The lowest BCUT2D eigenvalue weighted by Gasteiger charge is -2.33. The van der Waals surface area contributed by atoms with Crippen LogP contribution in [-0.2, 0) is 13.6 Å². The van der Waals surface area contributed by atoms with Crippen molar-refractivity contribution in [1.29, 1.82) is 0 Å². The Morgan fingerprint density at radius 1 is 1.44 bits per heavy atom. The SMILES string of the molecule is CCC1(CC)CN=C(NCc2ccnn2C)SC1. The van der Waals surface area contributed by atoms with E-state index in [9.17, 15) is 0 Å². The molecule has 0 fully saturated rings. The molecular formula is C13H22N4S. The highest BCUT2D eigenvalue weighted by Crippen LogP contribution is 2.34. The van der Waals surface area contributed by atoms with Gasteiger partial charge in [-0.05, 0) is 24.3 Å². The van der Waals surface area contributed by atoms with Crippen molar-refractivity contribution in [2.24, 2.45) is 17.5 Å². The summed E-state index contributed by atoms with van der Waals surface area (Å²) in [5, 5.41) is 8.64. The first kappa shape index (κ1) is 13.5. The Morgan fingerprint density at radius 2 is 2.22 bits per heavy atom. The molecule has 100 valence electrons. The maximum Gasteiger partial charge on any atom is 0.156 e. The summed E-state index contributed by atoms with van der Waals surface area (Å²) in [6, 6.07) is 2.03. The molecule has 4 nitrogen and oxygen atoms in total. The van der Waals surface area contributed by atoms with E-state index in [4.69, 9.17) is 4.99 Å². The summed E-state index contributed by atoms with van der Waals surface area (Å²) in [7, 11) is 1.96. The monoisotopic (exact) mass is 266 g/mol. The highest BCUT2D eigenvalue weighted by atomic mass is 32.2. The number of aliphatic imine (C=N–C) groups is 1. The summed E-state index contributed by atoms with van der Waals surface area (Å²) < 4.78 is 1.89. The second-order valence-electron chi connectivity index (χ2n) is 4.92. The number of hydrogen-bond donors (Lipinski definition) is 1. The molecule has 0 aromatic carbocycles. The molecule has 5 heteroatoms. The van der Waals surface area contributed by atoms with E-state index in [1.165, 1.54) is 24.3 Å². The molecule has 0 aliphatic carbocycles. The molecule has 1 aliphatic heterocycles. The van der Waals surface area contributed by atoms with E-state index in [2.05, 4.69) is 24.3 Å². The lowest BCUT2D eigenvalue weighted by molar-refractivity contribution is 0.318. The average Bonchev–Trinajstić information content (AvgIpc) is 2.83. The molecule has 0 amide bonds. The van der Waals surface area contributed by atoms with Crippen molar-refractivity contribution in [3.63, 3.8) is 0 Å². The zero-order chi connectivity index (χ0) is 13.0. The van der Waals surface area contributed by atoms with Crippen LogP contribution in [0.1, 0.15) is 32.4 Å². The van der Waals surface area contributed by atoms with Crippen molar-refractivity contribution in [2.75, 3.05) is 12.3 Å².